The molecule has 6 nitrogen and oxygen atoms in total. The summed E-state index contributed by atoms with van der Waals surface area (Å²) in [6.45, 7) is 5.22. The summed E-state index contributed by atoms with van der Waals surface area (Å²) in [6.07, 6.45) is 2.95. The first-order valence-corrected chi connectivity index (χ1v) is 11.0. The number of fused-ring (bicyclic) bond motifs is 1. The van der Waals surface area contributed by atoms with Gasteiger partial charge < -0.3 is 9.72 Å². The first-order valence-electron chi connectivity index (χ1n) is 10.1. The van der Waals surface area contributed by atoms with Crippen molar-refractivity contribution in [2.45, 2.75) is 19.4 Å². The number of ether oxygens (including phenoxy) is 1. The first-order chi connectivity index (χ1) is 14.7. The highest BCUT2D eigenvalue weighted by Gasteiger charge is 2.23. The highest BCUT2D eigenvalue weighted by Crippen LogP contribution is 2.30. The van der Waals surface area contributed by atoms with E-state index in [4.69, 9.17) is 9.72 Å². The summed E-state index contributed by atoms with van der Waals surface area (Å²) in [5, 5.41) is 3.75. The maximum absolute atomic E-state index is 12.6. The summed E-state index contributed by atoms with van der Waals surface area (Å²) in [7, 11) is 0. The molecular weight excluding hydrogens is 396 g/mol. The van der Waals surface area contributed by atoms with E-state index in [1.807, 2.05) is 47.8 Å². The van der Waals surface area contributed by atoms with Gasteiger partial charge in [-0.05, 0) is 36.6 Å². The van der Waals surface area contributed by atoms with Gasteiger partial charge in [-0.25, -0.2) is 9.97 Å². The Morgan fingerprint density at radius 1 is 1.27 bits per heavy atom. The van der Waals surface area contributed by atoms with E-state index in [2.05, 4.69) is 21.8 Å². The second-order valence-corrected chi connectivity index (χ2v) is 8.30. The molecule has 3 aromatic heterocycles. The van der Waals surface area contributed by atoms with Crippen LogP contribution in [0.4, 0.5) is 0 Å². The van der Waals surface area contributed by atoms with Crippen molar-refractivity contribution in [3.8, 4) is 27.7 Å². The summed E-state index contributed by atoms with van der Waals surface area (Å²) in [6, 6.07) is 13.5. The molecule has 0 radical (unpaired) electrons. The van der Waals surface area contributed by atoms with Crippen LogP contribution in [0.15, 0.2) is 58.8 Å². The summed E-state index contributed by atoms with van der Waals surface area (Å²) in [4.78, 5) is 27.0. The van der Waals surface area contributed by atoms with Crippen molar-refractivity contribution in [3.63, 3.8) is 0 Å². The monoisotopic (exact) mass is 418 g/mol. The molecule has 1 fully saturated rings. The Morgan fingerprint density at radius 3 is 3.03 bits per heavy atom. The molecule has 5 rings (SSSR count). The lowest BCUT2D eigenvalue weighted by Gasteiger charge is -2.14. The van der Waals surface area contributed by atoms with Gasteiger partial charge in [0.15, 0.2) is 0 Å². The number of aromatic nitrogens is 3. The number of para-hydroxylation sites is 1. The molecule has 7 heteroatoms. The smallest absolute Gasteiger partial charge is 0.257 e. The largest absolute Gasteiger partial charge is 0.473 e. The number of rotatable bonds is 5. The van der Waals surface area contributed by atoms with Gasteiger partial charge in [-0.15, -0.1) is 11.3 Å². The van der Waals surface area contributed by atoms with E-state index < -0.39 is 0 Å². The molecule has 0 saturated carbocycles. The Morgan fingerprint density at radius 2 is 2.17 bits per heavy atom. The van der Waals surface area contributed by atoms with Crippen LogP contribution in [0.5, 0.6) is 5.88 Å². The summed E-state index contributed by atoms with van der Waals surface area (Å²) >= 11 is 1.51. The van der Waals surface area contributed by atoms with E-state index in [0.29, 0.717) is 17.1 Å². The van der Waals surface area contributed by atoms with Gasteiger partial charge in [-0.1, -0.05) is 25.1 Å². The molecule has 0 amide bonds. The number of nitrogens with one attached hydrogen (secondary N) is 1. The molecule has 4 aromatic rings. The topological polar surface area (TPSA) is 71.1 Å². The molecule has 30 heavy (non-hydrogen) atoms. The van der Waals surface area contributed by atoms with E-state index in [-0.39, 0.29) is 11.7 Å². The zero-order valence-corrected chi connectivity index (χ0v) is 17.5. The number of benzene rings is 1. The van der Waals surface area contributed by atoms with Gasteiger partial charge in [0.1, 0.15) is 11.1 Å². The molecule has 1 aliphatic heterocycles. The zero-order chi connectivity index (χ0) is 20.5. The Bertz CT molecular complexity index is 1250. The lowest BCUT2D eigenvalue weighted by molar-refractivity contribution is 0.195. The SMILES string of the molecule is CCN1CCC(Oc2cc(-c3nc(-c4cc5ccccc5[nH]c4=O)cs3)ccn2)C1. The minimum absolute atomic E-state index is 0.133. The van der Waals surface area contributed by atoms with Gasteiger partial charge in [0.25, 0.3) is 5.56 Å². The lowest BCUT2D eigenvalue weighted by Crippen LogP contribution is -2.24. The molecular formula is C23H22N4O2S. The predicted octanol–water partition coefficient (Wildman–Crippen LogP) is 4.19. The third kappa shape index (κ3) is 3.74. The van der Waals surface area contributed by atoms with Crippen LogP contribution in [0.25, 0.3) is 32.7 Å². The quantitative estimate of drug-likeness (QED) is 0.526. The van der Waals surface area contributed by atoms with Gasteiger partial charge >= 0.3 is 0 Å². The minimum Gasteiger partial charge on any atom is -0.473 e. The van der Waals surface area contributed by atoms with Crippen LogP contribution in [0.3, 0.4) is 0 Å². The number of thiazole rings is 1. The molecule has 1 atom stereocenters. The van der Waals surface area contributed by atoms with Crippen molar-refractivity contribution in [1.29, 1.82) is 0 Å². The normalized spacial score (nSPS) is 16.9. The van der Waals surface area contributed by atoms with Crippen LogP contribution < -0.4 is 10.3 Å². The van der Waals surface area contributed by atoms with Crippen molar-refractivity contribution < 1.29 is 4.74 Å². The molecule has 152 valence electrons. The van der Waals surface area contributed by atoms with Crippen LogP contribution in [-0.2, 0) is 0 Å². The number of likely N-dealkylation sites (N-methyl/N-ethyl adjacent to an activating group) is 1. The molecule has 0 spiro atoms. The van der Waals surface area contributed by atoms with Crippen molar-refractivity contribution in [1.82, 2.24) is 19.9 Å². The van der Waals surface area contributed by atoms with Gasteiger partial charge in [0.05, 0.1) is 11.3 Å². The summed E-state index contributed by atoms with van der Waals surface area (Å²) in [5.41, 5.74) is 2.89. The number of aromatic amines is 1. The Hall–Kier alpha value is -3.03. The molecule has 1 N–H and O–H groups in total. The van der Waals surface area contributed by atoms with E-state index in [0.717, 1.165) is 47.5 Å². The van der Waals surface area contributed by atoms with E-state index in [9.17, 15) is 4.79 Å². The number of likely N-dealkylation sites (tertiary alicyclic amines) is 1. The predicted molar refractivity (Wildman–Crippen MR) is 120 cm³/mol. The number of hydrogen-bond donors (Lipinski definition) is 1. The molecule has 1 unspecified atom stereocenters. The molecule has 1 aromatic carbocycles. The molecule has 1 saturated heterocycles. The maximum atomic E-state index is 12.6. The van der Waals surface area contributed by atoms with Crippen LogP contribution in [0.2, 0.25) is 0 Å². The second kappa shape index (κ2) is 8.01. The lowest BCUT2D eigenvalue weighted by atomic mass is 10.1. The first kappa shape index (κ1) is 19.0. The number of hydrogen-bond acceptors (Lipinski definition) is 6. The fourth-order valence-corrected chi connectivity index (χ4v) is 4.64. The van der Waals surface area contributed by atoms with Crippen LogP contribution in [0.1, 0.15) is 13.3 Å². The number of H-pyrrole nitrogens is 1. The van der Waals surface area contributed by atoms with Crippen LogP contribution in [-0.4, -0.2) is 45.6 Å². The highest BCUT2D eigenvalue weighted by atomic mass is 32.1. The zero-order valence-electron chi connectivity index (χ0n) is 16.7. The van der Waals surface area contributed by atoms with E-state index >= 15 is 0 Å². The van der Waals surface area contributed by atoms with Gasteiger partial charge in [-0.2, -0.15) is 0 Å². The maximum Gasteiger partial charge on any atom is 0.257 e. The molecule has 0 aliphatic carbocycles. The van der Waals surface area contributed by atoms with Crippen molar-refractivity contribution in [2.75, 3.05) is 19.6 Å². The second-order valence-electron chi connectivity index (χ2n) is 7.44. The van der Waals surface area contributed by atoms with Crippen LogP contribution in [0, 0.1) is 0 Å². The fourth-order valence-electron chi connectivity index (χ4n) is 3.83. The Labute approximate surface area is 178 Å². The van der Waals surface area contributed by atoms with E-state index in [1.54, 1.807) is 6.20 Å². The van der Waals surface area contributed by atoms with Gasteiger partial charge in [0, 0.05) is 41.8 Å². The summed E-state index contributed by atoms with van der Waals surface area (Å²) < 4.78 is 6.10. The van der Waals surface area contributed by atoms with Crippen molar-refractivity contribution in [2.24, 2.45) is 0 Å². The van der Waals surface area contributed by atoms with Crippen LogP contribution >= 0.6 is 11.3 Å². The van der Waals surface area contributed by atoms with Crippen molar-refractivity contribution in [3.05, 3.63) is 64.4 Å². The third-order valence-electron chi connectivity index (χ3n) is 5.48. The Balaban J connectivity index is 1.41. The van der Waals surface area contributed by atoms with Gasteiger partial charge in [0.2, 0.25) is 5.88 Å². The number of pyridine rings is 2. The van der Waals surface area contributed by atoms with Gasteiger partial charge in [-0.3, -0.25) is 9.69 Å². The summed E-state index contributed by atoms with van der Waals surface area (Å²) in [5.74, 6) is 0.621. The third-order valence-corrected chi connectivity index (χ3v) is 6.37. The average molecular weight is 419 g/mol. The molecule has 0 bridgehead atoms. The highest BCUT2D eigenvalue weighted by molar-refractivity contribution is 7.13. The molecule has 4 heterocycles. The average Bonchev–Trinajstić information content (AvgIpc) is 3.43. The Kier molecular flexibility index (Phi) is 5.06. The molecule has 1 aliphatic rings. The minimum atomic E-state index is -0.133. The number of nitrogens with zero attached hydrogens (tertiary/aromatic N) is 3. The van der Waals surface area contributed by atoms with E-state index in [1.165, 1.54) is 11.3 Å². The fraction of sp³-hybridized carbons (Fsp3) is 0.261. The van der Waals surface area contributed by atoms with Crippen molar-refractivity contribution >= 4 is 22.2 Å². The standard InChI is InChI=1S/C23H22N4O2S/c1-2-27-10-8-17(13-27)29-21-12-16(7-9-24-21)23-26-20(14-30-23)18-11-15-5-3-4-6-19(15)25-22(18)28/h3-7,9,11-12,14,17H,2,8,10,13H2,1H3,(H,25,28).